The summed E-state index contributed by atoms with van der Waals surface area (Å²) in [6.45, 7) is 0. The second-order valence-corrected chi connectivity index (χ2v) is 3.84. The molecule has 0 radical (unpaired) electrons. The van der Waals surface area contributed by atoms with Crippen molar-refractivity contribution in [3.63, 3.8) is 0 Å². The van der Waals surface area contributed by atoms with E-state index in [4.69, 9.17) is 0 Å². The molecule has 2 aliphatic heterocycles. The molecule has 0 spiro atoms. The second-order valence-electron chi connectivity index (χ2n) is 3.84. The van der Waals surface area contributed by atoms with Crippen LogP contribution in [0.3, 0.4) is 0 Å². The lowest BCUT2D eigenvalue weighted by Gasteiger charge is -2.22. The molecule has 1 fully saturated rings. The normalized spacial score (nSPS) is 30.2. The van der Waals surface area contributed by atoms with Crippen LogP contribution in [0.2, 0.25) is 0 Å². The molecule has 4 nitrogen and oxygen atoms in total. The zero-order valence-corrected chi connectivity index (χ0v) is 7.21. The van der Waals surface area contributed by atoms with E-state index in [1.807, 2.05) is 0 Å². The number of nitrogens with one attached hydrogen (secondary N) is 2. The van der Waals surface area contributed by atoms with Crippen LogP contribution in [-0.4, -0.2) is 16.2 Å². The molecule has 2 bridgehead atoms. The fraction of sp³-hybridized carbons (Fsp3) is 0.556. The van der Waals surface area contributed by atoms with Gasteiger partial charge in [0.15, 0.2) is 0 Å². The molecular formula is C9H11N3O. The molecule has 2 atom stereocenters. The Balaban J connectivity index is 2.17. The van der Waals surface area contributed by atoms with Gasteiger partial charge >= 0.3 is 0 Å². The highest BCUT2D eigenvalue weighted by Crippen LogP contribution is 2.33. The Labute approximate surface area is 75.4 Å². The van der Waals surface area contributed by atoms with Crippen molar-refractivity contribution in [2.45, 2.75) is 31.3 Å². The largest absolute Gasteiger partial charge is 0.305 e. The summed E-state index contributed by atoms with van der Waals surface area (Å²) < 4.78 is 0. The van der Waals surface area contributed by atoms with E-state index in [2.05, 4.69) is 15.5 Å². The fourth-order valence-corrected chi connectivity index (χ4v) is 2.38. The minimum atomic E-state index is -0.0833. The SMILES string of the molecule is O=c1cc2c(n[nH]1)C1CCC(C2)N1. The van der Waals surface area contributed by atoms with Gasteiger partial charge in [-0.25, -0.2) is 5.10 Å². The van der Waals surface area contributed by atoms with Gasteiger partial charge < -0.3 is 5.32 Å². The predicted molar refractivity (Wildman–Crippen MR) is 47.5 cm³/mol. The molecule has 3 rings (SSSR count). The first kappa shape index (κ1) is 7.26. The average Bonchev–Trinajstić information content (AvgIpc) is 2.48. The third kappa shape index (κ3) is 1.02. The van der Waals surface area contributed by atoms with E-state index < -0.39 is 0 Å². The number of hydrogen-bond acceptors (Lipinski definition) is 3. The number of rotatable bonds is 0. The molecule has 0 aliphatic carbocycles. The molecule has 2 unspecified atom stereocenters. The highest BCUT2D eigenvalue weighted by Gasteiger charge is 2.33. The molecule has 4 heteroatoms. The molecule has 2 aliphatic rings. The van der Waals surface area contributed by atoms with Gasteiger partial charge in [0.2, 0.25) is 0 Å². The van der Waals surface area contributed by atoms with Gasteiger partial charge in [0.1, 0.15) is 0 Å². The van der Waals surface area contributed by atoms with Crippen molar-refractivity contribution in [1.82, 2.24) is 15.5 Å². The van der Waals surface area contributed by atoms with Crippen LogP contribution in [0.1, 0.15) is 30.1 Å². The van der Waals surface area contributed by atoms with Crippen molar-refractivity contribution in [1.29, 1.82) is 0 Å². The van der Waals surface area contributed by atoms with Crippen LogP contribution in [0.15, 0.2) is 10.9 Å². The standard InChI is InChI=1S/C9H11N3O/c13-8-4-5-3-6-1-2-7(10-6)9(5)12-11-8/h4,6-7,10H,1-3H2,(H,11,13). The van der Waals surface area contributed by atoms with Gasteiger partial charge in [-0.1, -0.05) is 0 Å². The fourth-order valence-electron chi connectivity index (χ4n) is 2.38. The van der Waals surface area contributed by atoms with Crippen LogP contribution < -0.4 is 10.9 Å². The van der Waals surface area contributed by atoms with Crippen molar-refractivity contribution in [3.05, 3.63) is 27.7 Å². The number of fused-ring (bicyclic) bond motifs is 4. The van der Waals surface area contributed by atoms with Gasteiger partial charge in [-0.15, -0.1) is 0 Å². The number of nitrogens with zero attached hydrogens (tertiary/aromatic N) is 1. The molecule has 68 valence electrons. The van der Waals surface area contributed by atoms with Crippen LogP contribution in [0.25, 0.3) is 0 Å². The molecular weight excluding hydrogens is 166 g/mol. The molecule has 2 N–H and O–H groups in total. The Bertz CT molecular complexity index is 398. The zero-order valence-electron chi connectivity index (χ0n) is 7.21. The maximum Gasteiger partial charge on any atom is 0.264 e. The Morgan fingerprint density at radius 2 is 2.38 bits per heavy atom. The summed E-state index contributed by atoms with van der Waals surface area (Å²) in [4.78, 5) is 11.0. The van der Waals surface area contributed by atoms with E-state index in [1.165, 1.54) is 6.42 Å². The minimum absolute atomic E-state index is 0.0833. The van der Waals surface area contributed by atoms with Crippen molar-refractivity contribution in [2.75, 3.05) is 0 Å². The second kappa shape index (κ2) is 2.42. The number of aromatic nitrogens is 2. The van der Waals surface area contributed by atoms with Crippen LogP contribution in [0.4, 0.5) is 0 Å². The molecule has 1 saturated heterocycles. The lowest BCUT2D eigenvalue weighted by Crippen LogP contribution is -2.34. The Morgan fingerprint density at radius 1 is 1.46 bits per heavy atom. The van der Waals surface area contributed by atoms with Crippen LogP contribution in [0.5, 0.6) is 0 Å². The van der Waals surface area contributed by atoms with Gasteiger partial charge in [0.25, 0.3) is 5.56 Å². The number of H-pyrrole nitrogens is 1. The molecule has 1 aromatic rings. The molecule has 0 aromatic carbocycles. The molecule has 3 heterocycles. The topological polar surface area (TPSA) is 57.8 Å². The monoisotopic (exact) mass is 177 g/mol. The lowest BCUT2D eigenvalue weighted by molar-refractivity contribution is 0.497. The quantitative estimate of drug-likeness (QED) is 0.591. The predicted octanol–water partition coefficient (Wildman–Crippen LogP) is 0.119. The van der Waals surface area contributed by atoms with Gasteiger partial charge in [0, 0.05) is 12.1 Å². The zero-order chi connectivity index (χ0) is 8.84. The summed E-state index contributed by atoms with van der Waals surface area (Å²) in [6, 6.07) is 2.64. The molecule has 0 amide bonds. The van der Waals surface area contributed by atoms with Gasteiger partial charge in [-0.05, 0) is 24.8 Å². The highest BCUT2D eigenvalue weighted by molar-refractivity contribution is 5.27. The van der Waals surface area contributed by atoms with Crippen molar-refractivity contribution in [2.24, 2.45) is 0 Å². The van der Waals surface area contributed by atoms with Gasteiger partial charge in [-0.2, -0.15) is 5.10 Å². The molecule has 13 heavy (non-hydrogen) atoms. The smallest absolute Gasteiger partial charge is 0.264 e. The summed E-state index contributed by atoms with van der Waals surface area (Å²) in [5, 5.41) is 10.1. The molecule has 0 saturated carbocycles. The van der Waals surface area contributed by atoms with Crippen molar-refractivity contribution in [3.8, 4) is 0 Å². The van der Waals surface area contributed by atoms with E-state index in [1.54, 1.807) is 6.07 Å². The average molecular weight is 177 g/mol. The third-order valence-electron chi connectivity index (χ3n) is 2.96. The Kier molecular flexibility index (Phi) is 1.35. The summed E-state index contributed by atoms with van der Waals surface area (Å²) >= 11 is 0. The van der Waals surface area contributed by atoms with Gasteiger partial charge in [0.05, 0.1) is 11.7 Å². The highest BCUT2D eigenvalue weighted by atomic mass is 16.1. The maximum absolute atomic E-state index is 11.0. The third-order valence-corrected chi connectivity index (χ3v) is 2.96. The first-order chi connectivity index (χ1) is 6.33. The Hall–Kier alpha value is -1.16. The lowest BCUT2D eigenvalue weighted by atomic mass is 10.0. The summed E-state index contributed by atoms with van der Waals surface area (Å²) in [5.74, 6) is 0. The van der Waals surface area contributed by atoms with E-state index in [0.29, 0.717) is 12.1 Å². The van der Waals surface area contributed by atoms with Crippen LogP contribution >= 0.6 is 0 Å². The first-order valence-electron chi connectivity index (χ1n) is 4.67. The van der Waals surface area contributed by atoms with Crippen LogP contribution in [-0.2, 0) is 6.42 Å². The summed E-state index contributed by atoms with van der Waals surface area (Å²) in [7, 11) is 0. The van der Waals surface area contributed by atoms with E-state index in [0.717, 1.165) is 24.1 Å². The van der Waals surface area contributed by atoms with Crippen LogP contribution in [0, 0.1) is 0 Å². The maximum atomic E-state index is 11.0. The van der Waals surface area contributed by atoms with E-state index in [9.17, 15) is 4.79 Å². The Morgan fingerprint density at radius 3 is 3.31 bits per heavy atom. The first-order valence-corrected chi connectivity index (χ1v) is 4.67. The number of aromatic amines is 1. The minimum Gasteiger partial charge on any atom is -0.305 e. The summed E-state index contributed by atoms with van der Waals surface area (Å²) in [5.41, 5.74) is 2.10. The van der Waals surface area contributed by atoms with Gasteiger partial charge in [-0.3, -0.25) is 4.79 Å². The van der Waals surface area contributed by atoms with Crippen molar-refractivity contribution < 1.29 is 0 Å². The van der Waals surface area contributed by atoms with E-state index >= 15 is 0 Å². The van der Waals surface area contributed by atoms with Crippen molar-refractivity contribution >= 4 is 0 Å². The summed E-state index contributed by atoms with van der Waals surface area (Å²) in [6.07, 6.45) is 3.31. The van der Waals surface area contributed by atoms with E-state index in [-0.39, 0.29) is 5.56 Å². The number of hydrogen-bond donors (Lipinski definition) is 2. The molecule has 1 aromatic heterocycles.